The number of carboxylic acids is 1. The average Bonchev–Trinajstić information content (AvgIpc) is 3.49. The van der Waals surface area contributed by atoms with Crippen LogP contribution < -0.4 is 4.74 Å². The van der Waals surface area contributed by atoms with Gasteiger partial charge in [-0.3, -0.25) is 9.59 Å². The van der Waals surface area contributed by atoms with Gasteiger partial charge in [-0.1, -0.05) is 60.7 Å². The number of benzene rings is 3. The van der Waals surface area contributed by atoms with Crippen LogP contribution in [0, 0.1) is 0 Å². The second-order valence-electron chi connectivity index (χ2n) is 8.62. The van der Waals surface area contributed by atoms with Crippen molar-refractivity contribution < 1.29 is 26.6 Å². The number of hydrogen-bond acceptors (Lipinski definition) is 4. The number of unbranched alkanes of at least 4 members (excludes halogenated alkanes) is 2. The van der Waals surface area contributed by atoms with E-state index >= 15 is 0 Å². The second kappa shape index (κ2) is 13.1. The summed E-state index contributed by atoms with van der Waals surface area (Å²) < 4.78 is 29.1. The molecule has 1 amide bonds. The van der Waals surface area contributed by atoms with Crippen molar-refractivity contribution in [2.45, 2.75) is 38.7 Å². The Labute approximate surface area is 219 Å². The maximum atomic E-state index is 13.8. The molecule has 4 rings (SSSR count). The number of carbonyl (C=O) groups excluding carboxylic acids is 1. The van der Waals surface area contributed by atoms with Gasteiger partial charge in [-0.2, -0.15) is 0 Å². The Hall–Kier alpha value is -4.32. The van der Waals surface area contributed by atoms with Gasteiger partial charge < -0.3 is 19.2 Å². The predicted octanol–water partition coefficient (Wildman–Crippen LogP) is 6.81. The van der Waals surface area contributed by atoms with Crippen LogP contribution in [0.15, 0.2) is 102 Å². The highest BCUT2D eigenvalue weighted by atomic mass is 16.5. The van der Waals surface area contributed by atoms with Crippen LogP contribution >= 0.6 is 0 Å². The summed E-state index contributed by atoms with van der Waals surface area (Å²) >= 11 is 0. The summed E-state index contributed by atoms with van der Waals surface area (Å²) in [5.74, 6) is -0.700. The molecule has 0 spiro atoms. The molecule has 190 valence electrons. The van der Waals surface area contributed by atoms with Gasteiger partial charge in [-0.05, 0) is 54.7 Å². The lowest BCUT2D eigenvalue weighted by atomic mass is 10.1. The molecule has 4 aromatic rings. The first-order chi connectivity index (χ1) is 18.9. The van der Waals surface area contributed by atoms with E-state index in [0.29, 0.717) is 41.9 Å². The van der Waals surface area contributed by atoms with Crippen LogP contribution in [0.25, 0.3) is 11.1 Å². The third-order valence-electron chi connectivity index (χ3n) is 5.86. The molecule has 0 bridgehead atoms. The van der Waals surface area contributed by atoms with Crippen molar-refractivity contribution in [1.82, 2.24) is 4.90 Å². The van der Waals surface area contributed by atoms with Crippen molar-refractivity contribution >= 4 is 11.9 Å². The van der Waals surface area contributed by atoms with E-state index in [4.69, 9.17) is 17.0 Å². The maximum absolute atomic E-state index is 13.8. The number of hydrogen-bond donors (Lipinski definition) is 1. The summed E-state index contributed by atoms with van der Waals surface area (Å²) in [6.07, 6.45) is 5.34. The van der Waals surface area contributed by atoms with Gasteiger partial charge in [0.25, 0.3) is 5.91 Å². The lowest BCUT2D eigenvalue weighted by Gasteiger charge is -2.24. The first-order valence-electron chi connectivity index (χ1n) is 13.3. The first kappa shape index (κ1) is 23.1. The van der Waals surface area contributed by atoms with Crippen LogP contribution in [0.4, 0.5) is 0 Å². The minimum absolute atomic E-state index is 0.0145. The van der Waals surface area contributed by atoms with Gasteiger partial charge in [0.05, 0.1) is 21.9 Å². The zero-order valence-corrected chi connectivity index (χ0v) is 20.5. The van der Waals surface area contributed by atoms with Gasteiger partial charge in [0.2, 0.25) is 0 Å². The molecule has 6 nitrogen and oxygen atoms in total. The third-order valence-corrected chi connectivity index (χ3v) is 5.86. The van der Waals surface area contributed by atoms with Crippen molar-refractivity contribution in [2.24, 2.45) is 0 Å². The molecule has 1 aromatic heterocycles. The average molecular weight is 500 g/mol. The molecule has 0 aliphatic rings. The molecule has 0 saturated heterocycles. The summed E-state index contributed by atoms with van der Waals surface area (Å²) in [7, 11) is 0. The predicted molar refractivity (Wildman–Crippen MR) is 142 cm³/mol. The highest BCUT2D eigenvalue weighted by Crippen LogP contribution is 2.24. The smallest absolute Gasteiger partial charge is 0.303 e. The number of aliphatic carboxylic acids is 1. The van der Waals surface area contributed by atoms with E-state index in [1.165, 1.54) is 4.90 Å². The molecule has 0 radical (unpaired) electrons. The number of rotatable bonds is 13. The van der Waals surface area contributed by atoms with Crippen LogP contribution in [-0.2, 0) is 17.8 Å². The Balaban J connectivity index is 1.57. The van der Waals surface area contributed by atoms with E-state index in [1.54, 1.807) is 61.1 Å². The quantitative estimate of drug-likeness (QED) is 0.204. The lowest BCUT2D eigenvalue weighted by molar-refractivity contribution is -0.137. The fourth-order valence-electron chi connectivity index (χ4n) is 3.90. The minimum Gasteiger partial charge on any atom is -0.493 e. The number of nitrogens with zero attached hydrogens (tertiary/aromatic N) is 1. The molecule has 0 aliphatic heterocycles. The van der Waals surface area contributed by atoms with Crippen molar-refractivity contribution in [2.75, 3.05) is 6.61 Å². The molecule has 0 aliphatic carbocycles. The summed E-state index contributed by atoms with van der Waals surface area (Å²) in [5, 5.41) is 8.80. The Bertz CT molecular complexity index is 1360. The zero-order valence-electron chi connectivity index (χ0n) is 22.5. The van der Waals surface area contributed by atoms with Gasteiger partial charge in [0.1, 0.15) is 5.75 Å². The lowest BCUT2D eigenvalue weighted by Crippen LogP contribution is -2.30. The summed E-state index contributed by atoms with van der Waals surface area (Å²) in [4.78, 5) is 25.8. The minimum atomic E-state index is -2.11. The third kappa shape index (κ3) is 7.58. The molecular formula is C31H31NO5. The van der Waals surface area contributed by atoms with Crippen molar-refractivity contribution in [3.8, 4) is 16.9 Å². The molecule has 6 heteroatoms. The van der Waals surface area contributed by atoms with Gasteiger partial charge in [-0.25, -0.2) is 0 Å². The summed E-state index contributed by atoms with van der Waals surface area (Å²) in [6, 6.07) is 24.8. The van der Waals surface area contributed by atoms with E-state index < -0.39 is 18.4 Å². The zero-order chi connectivity index (χ0) is 27.7. The number of carboxylic acid groups (broad SMARTS) is 1. The molecule has 1 N–H and O–H groups in total. The summed E-state index contributed by atoms with van der Waals surface area (Å²) in [6.45, 7) is -1.73. The monoisotopic (exact) mass is 499 g/mol. The standard InChI is InChI=1S/C31H31NO5/c33-30(34)13-5-2-8-19-37-29-12-7-6-11-27(29)22-32(21-24-9-3-1-4-10-24)31(35)26-16-14-25(15-17-26)28-18-20-36-23-28/h1,3-4,6-7,9-12,14-18,20,23H,2,5,8,13,19,21-22H2,(H,33,34)/i21D2. The van der Waals surface area contributed by atoms with Gasteiger partial charge in [0, 0.05) is 36.2 Å². The van der Waals surface area contributed by atoms with Gasteiger partial charge in [0.15, 0.2) is 0 Å². The second-order valence-corrected chi connectivity index (χ2v) is 8.62. The van der Waals surface area contributed by atoms with Crippen LogP contribution in [0.5, 0.6) is 5.75 Å². The Morgan fingerprint density at radius 2 is 1.62 bits per heavy atom. The molecule has 0 atom stereocenters. The van der Waals surface area contributed by atoms with E-state index in [2.05, 4.69) is 0 Å². The first-order valence-corrected chi connectivity index (χ1v) is 12.3. The fourth-order valence-corrected chi connectivity index (χ4v) is 3.90. The highest BCUT2D eigenvalue weighted by molar-refractivity contribution is 5.94. The summed E-state index contributed by atoms with van der Waals surface area (Å²) in [5.41, 5.74) is 3.18. The number of para-hydroxylation sites is 1. The largest absolute Gasteiger partial charge is 0.493 e. The highest BCUT2D eigenvalue weighted by Gasteiger charge is 2.19. The molecule has 37 heavy (non-hydrogen) atoms. The molecule has 3 aromatic carbocycles. The Morgan fingerprint density at radius 1 is 0.865 bits per heavy atom. The Kier molecular flexibility index (Phi) is 8.19. The SMILES string of the molecule is [2H]C([2H])(c1ccccc1)N(Cc1ccccc1OCCCCCC(=O)O)C(=O)c1ccc(-c2ccoc2)cc1. The number of furan rings is 1. The molecular weight excluding hydrogens is 466 g/mol. The Morgan fingerprint density at radius 3 is 2.35 bits per heavy atom. The van der Waals surface area contributed by atoms with E-state index in [9.17, 15) is 9.59 Å². The van der Waals surface area contributed by atoms with Crippen molar-refractivity contribution in [3.05, 3.63) is 114 Å². The molecule has 0 fully saturated rings. The molecule has 0 saturated carbocycles. The normalized spacial score (nSPS) is 11.9. The fraction of sp³-hybridized carbons (Fsp3) is 0.226. The topological polar surface area (TPSA) is 80.0 Å². The van der Waals surface area contributed by atoms with Crippen LogP contribution in [-0.4, -0.2) is 28.5 Å². The number of amides is 1. The number of carbonyl (C=O) groups is 2. The maximum Gasteiger partial charge on any atom is 0.303 e. The van der Waals surface area contributed by atoms with Crippen molar-refractivity contribution in [3.63, 3.8) is 0 Å². The molecule has 1 heterocycles. The van der Waals surface area contributed by atoms with Crippen LogP contribution in [0.1, 0.15) is 49.9 Å². The number of ether oxygens (including phenoxy) is 1. The van der Waals surface area contributed by atoms with Gasteiger partial charge in [-0.15, -0.1) is 0 Å². The van der Waals surface area contributed by atoms with Crippen molar-refractivity contribution in [1.29, 1.82) is 0 Å². The molecule has 0 unspecified atom stereocenters. The van der Waals surface area contributed by atoms with E-state index in [-0.39, 0.29) is 13.0 Å². The van der Waals surface area contributed by atoms with Crippen LogP contribution in [0.3, 0.4) is 0 Å². The van der Waals surface area contributed by atoms with Crippen LogP contribution in [0.2, 0.25) is 0 Å². The van der Waals surface area contributed by atoms with Gasteiger partial charge >= 0.3 is 5.97 Å². The van der Waals surface area contributed by atoms with E-state index in [1.807, 2.05) is 36.4 Å². The van der Waals surface area contributed by atoms with E-state index in [0.717, 1.165) is 17.5 Å².